The molecule has 1 aliphatic heterocycles. The van der Waals surface area contributed by atoms with Gasteiger partial charge < -0.3 is 15.8 Å². The summed E-state index contributed by atoms with van der Waals surface area (Å²) < 4.78 is 5.97. The molecule has 3 N–H and O–H groups in total. The summed E-state index contributed by atoms with van der Waals surface area (Å²) >= 11 is 0. The summed E-state index contributed by atoms with van der Waals surface area (Å²) in [7, 11) is 0. The molecule has 21 heavy (non-hydrogen) atoms. The number of ether oxygens (including phenoxy) is 1. The molecule has 0 spiro atoms. The van der Waals surface area contributed by atoms with E-state index in [1.807, 2.05) is 0 Å². The standard InChI is InChI=1S/C17H32N2O2/c1-3-17(4-2)12-14(8-11-21-17)19-15(20)13-16(18)9-6-5-7-10-16/h14H,3-13,18H2,1-2H3,(H,19,20). The first-order valence-electron chi connectivity index (χ1n) is 8.73. The first kappa shape index (κ1) is 16.8. The molecule has 2 fully saturated rings. The predicted octanol–water partition coefficient (Wildman–Crippen LogP) is 2.89. The lowest BCUT2D eigenvalue weighted by molar-refractivity contribution is -0.127. The third-order valence-electron chi connectivity index (χ3n) is 5.51. The summed E-state index contributed by atoms with van der Waals surface area (Å²) in [6.07, 6.45) is 9.92. The third-order valence-corrected chi connectivity index (χ3v) is 5.51. The zero-order valence-electron chi connectivity index (χ0n) is 13.7. The van der Waals surface area contributed by atoms with Crippen molar-refractivity contribution in [1.82, 2.24) is 5.32 Å². The Morgan fingerprint density at radius 1 is 1.24 bits per heavy atom. The van der Waals surface area contributed by atoms with Crippen molar-refractivity contribution in [2.45, 2.75) is 95.2 Å². The summed E-state index contributed by atoms with van der Waals surface area (Å²) in [5.74, 6) is 0.132. The molecule has 1 unspecified atom stereocenters. The first-order valence-corrected chi connectivity index (χ1v) is 8.73. The molecule has 2 aliphatic rings. The van der Waals surface area contributed by atoms with Crippen molar-refractivity contribution in [3.63, 3.8) is 0 Å². The van der Waals surface area contributed by atoms with Crippen LogP contribution in [0.1, 0.15) is 78.1 Å². The average molecular weight is 296 g/mol. The molecule has 0 aromatic heterocycles. The van der Waals surface area contributed by atoms with E-state index in [4.69, 9.17) is 10.5 Å². The first-order chi connectivity index (χ1) is 10.0. The number of hydrogen-bond donors (Lipinski definition) is 2. The highest BCUT2D eigenvalue weighted by Crippen LogP contribution is 2.32. The highest BCUT2D eigenvalue weighted by molar-refractivity contribution is 5.77. The minimum Gasteiger partial charge on any atom is -0.375 e. The Kier molecular flexibility index (Phi) is 5.67. The molecule has 1 amide bonds. The molecular weight excluding hydrogens is 264 g/mol. The van der Waals surface area contributed by atoms with Crippen molar-refractivity contribution in [3.05, 3.63) is 0 Å². The maximum Gasteiger partial charge on any atom is 0.222 e. The van der Waals surface area contributed by atoms with E-state index in [0.717, 1.165) is 58.0 Å². The minimum absolute atomic E-state index is 0.0402. The number of hydrogen-bond acceptors (Lipinski definition) is 3. The lowest BCUT2D eigenvalue weighted by Gasteiger charge is -2.40. The maximum atomic E-state index is 12.3. The Labute approximate surface area is 129 Å². The summed E-state index contributed by atoms with van der Waals surface area (Å²) in [5.41, 5.74) is 6.08. The van der Waals surface area contributed by atoms with Gasteiger partial charge in [-0.2, -0.15) is 0 Å². The fraction of sp³-hybridized carbons (Fsp3) is 0.941. The lowest BCUT2D eigenvalue weighted by atomic mass is 9.80. The van der Waals surface area contributed by atoms with Crippen molar-refractivity contribution in [2.75, 3.05) is 6.61 Å². The highest BCUT2D eigenvalue weighted by Gasteiger charge is 2.36. The molecule has 1 atom stereocenters. The van der Waals surface area contributed by atoms with Crippen LogP contribution in [-0.2, 0) is 9.53 Å². The van der Waals surface area contributed by atoms with Crippen molar-refractivity contribution in [2.24, 2.45) is 5.73 Å². The minimum atomic E-state index is -0.264. The van der Waals surface area contributed by atoms with E-state index in [2.05, 4.69) is 19.2 Å². The zero-order chi connectivity index (χ0) is 15.3. The second kappa shape index (κ2) is 7.10. The number of carbonyl (C=O) groups excluding carboxylic acids is 1. The van der Waals surface area contributed by atoms with Gasteiger partial charge in [0, 0.05) is 24.6 Å². The van der Waals surface area contributed by atoms with E-state index < -0.39 is 0 Å². The predicted molar refractivity (Wildman–Crippen MR) is 85.1 cm³/mol. The van der Waals surface area contributed by atoms with Crippen LogP contribution in [0.3, 0.4) is 0 Å². The fourth-order valence-electron chi connectivity index (χ4n) is 3.92. The van der Waals surface area contributed by atoms with Gasteiger partial charge in [0.05, 0.1) is 5.60 Å². The summed E-state index contributed by atoms with van der Waals surface area (Å²) in [6, 6.07) is 0.248. The SMILES string of the molecule is CCC1(CC)CC(NC(=O)CC2(N)CCCCC2)CCO1. The van der Waals surface area contributed by atoms with Crippen LogP contribution in [0, 0.1) is 0 Å². The monoisotopic (exact) mass is 296 g/mol. The number of amides is 1. The molecular formula is C17H32N2O2. The number of carbonyl (C=O) groups is 1. The molecule has 1 aliphatic carbocycles. The van der Waals surface area contributed by atoms with Gasteiger partial charge in [0.25, 0.3) is 0 Å². The Bertz CT molecular complexity index is 347. The maximum absolute atomic E-state index is 12.3. The van der Waals surface area contributed by atoms with Crippen LogP contribution in [0.2, 0.25) is 0 Å². The quantitative estimate of drug-likeness (QED) is 0.820. The van der Waals surface area contributed by atoms with Crippen LogP contribution >= 0.6 is 0 Å². The van der Waals surface area contributed by atoms with Crippen LogP contribution in [0.25, 0.3) is 0 Å². The van der Waals surface area contributed by atoms with Crippen molar-refractivity contribution >= 4 is 5.91 Å². The van der Waals surface area contributed by atoms with E-state index >= 15 is 0 Å². The fourth-order valence-corrected chi connectivity index (χ4v) is 3.92. The number of rotatable bonds is 5. The van der Waals surface area contributed by atoms with Gasteiger partial charge in [-0.25, -0.2) is 0 Å². The molecule has 1 heterocycles. The number of nitrogens with two attached hydrogens (primary N) is 1. The Hall–Kier alpha value is -0.610. The van der Waals surface area contributed by atoms with Gasteiger partial charge in [0.15, 0.2) is 0 Å². The van der Waals surface area contributed by atoms with Gasteiger partial charge >= 0.3 is 0 Å². The summed E-state index contributed by atoms with van der Waals surface area (Å²) in [4.78, 5) is 12.3. The molecule has 4 heteroatoms. The van der Waals surface area contributed by atoms with Gasteiger partial charge in [-0.05, 0) is 38.5 Å². The average Bonchev–Trinajstić information content (AvgIpc) is 2.47. The molecule has 0 radical (unpaired) electrons. The van der Waals surface area contributed by atoms with Crippen molar-refractivity contribution < 1.29 is 9.53 Å². The topological polar surface area (TPSA) is 64.4 Å². The molecule has 4 nitrogen and oxygen atoms in total. The van der Waals surface area contributed by atoms with Crippen LogP contribution in [0.15, 0.2) is 0 Å². The van der Waals surface area contributed by atoms with Gasteiger partial charge in [-0.3, -0.25) is 4.79 Å². The Morgan fingerprint density at radius 2 is 1.90 bits per heavy atom. The molecule has 1 saturated heterocycles. The van der Waals surface area contributed by atoms with Gasteiger partial charge in [-0.15, -0.1) is 0 Å². The van der Waals surface area contributed by atoms with Crippen molar-refractivity contribution in [1.29, 1.82) is 0 Å². The summed E-state index contributed by atoms with van der Waals surface area (Å²) in [5, 5.41) is 3.22. The van der Waals surface area contributed by atoms with E-state index in [1.165, 1.54) is 6.42 Å². The van der Waals surface area contributed by atoms with Crippen LogP contribution in [0.5, 0.6) is 0 Å². The van der Waals surface area contributed by atoms with E-state index in [-0.39, 0.29) is 23.1 Å². The van der Waals surface area contributed by atoms with Gasteiger partial charge in [-0.1, -0.05) is 33.1 Å². The highest BCUT2D eigenvalue weighted by atomic mass is 16.5. The van der Waals surface area contributed by atoms with E-state index in [1.54, 1.807) is 0 Å². The molecule has 0 aromatic rings. The van der Waals surface area contributed by atoms with Crippen LogP contribution in [-0.4, -0.2) is 29.7 Å². The van der Waals surface area contributed by atoms with Crippen molar-refractivity contribution in [3.8, 4) is 0 Å². The second-order valence-corrected chi connectivity index (χ2v) is 7.10. The van der Waals surface area contributed by atoms with Crippen LogP contribution < -0.4 is 11.1 Å². The summed E-state index contributed by atoms with van der Waals surface area (Å²) in [6.45, 7) is 5.09. The molecule has 2 rings (SSSR count). The van der Waals surface area contributed by atoms with Gasteiger partial charge in [0.1, 0.15) is 0 Å². The van der Waals surface area contributed by atoms with E-state index in [9.17, 15) is 4.79 Å². The second-order valence-electron chi connectivity index (χ2n) is 7.10. The largest absolute Gasteiger partial charge is 0.375 e. The molecule has 0 aromatic carbocycles. The zero-order valence-corrected chi connectivity index (χ0v) is 13.7. The number of nitrogens with one attached hydrogen (secondary N) is 1. The smallest absolute Gasteiger partial charge is 0.222 e. The normalized spacial score (nSPS) is 28.0. The van der Waals surface area contributed by atoms with E-state index in [0.29, 0.717) is 6.42 Å². The lowest BCUT2D eigenvalue weighted by Crippen LogP contribution is -2.51. The van der Waals surface area contributed by atoms with Crippen LogP contribution in [0.4, 0.5) is 0 Å². The van der Waals surface area contributed by atoms with Gasteiger partial charge in [0.2, 0.25) is 5.91 Å². The molecule has 122 valence electrons. The molecule has 0 bridgehead atoms. The third kappa shape index (κ3) is 4.43. The molecule has 1 saturated carbocycles. The Balaban J connectivity index is 1.84. The Morgan fingerprint density at radius 3 is 2.52 bits per heavy atom.